The van der Waals surface area contributed by atoms with Crippen molar-refractivity contribution in [2.75, 3.05) is 49.4 Å². The van der Waals surface area contributed by atoms with Gasteiger partial charge in [0, 0.05) is 54.2 Å². The Morgan fingerprint density at radius 1 is 0.416 bits per heavy atom. The van der Waals surface area contributed by atoms with E-state index in [1.165, 1.54) is 54.6 Å². The predicted octanol–water partition coefficient (Wildman–Crippen LogP) is 13.9. The number of anilines is 4. The molecule has 8 N–H and O–H groups in total. The Kier molecular flexibility index (Phi) is 27.2. The van der Waals surface area contributed by atoms with Crippen molar-refractivity contribution in [1.82, 2.24) is 0 Å². The standard InChI is InChI=1S/C32H37F5N2O6.C31H35F5N2O6/c33-31(34,32(35,36)37)15-3-4-21-5-10-23(11-6-21)30(42)45-27-12-7-22(8-13-27)9-14-28(40)43-16-1-2-17-44-29(41)24-18-25(38)20-26(39)19-24;32-30(33,31(34,35)36)14-1-3-20-4-9-22(10-5-20)29(41)44-26-11-6-21(7-12-26)8-13-27(39)42-15-2-16-43-28(40)23-17-24(37)19-25(38)18-23/h7-9,12-14,18-21,23H,1-6,10-11,15-17,38-39H2;6-8,11-13,17-20,22H,1-5,9-10,14-16,37-38H2. The van der Waals surface area contributed by atoms with E-state index in [0.29, 0.717) is 110 Å². The van der Waals surface area contributed by atoms with Gasteiger partial charge in [0.15, 0.2) is 0 Å². The Balaban J connectivity index is 0.000000324. The summed E-state index contributed by atoms with van der Waals surface area (Å²) in [5.74, 6) is -12.6. The first-order valence-electron chi connectivity index (χ1n) is 28.9. The van der Waals surface area contributed by atoms with Crippen LogP contribution in [0.5, 0.6) is 11.5 Å². The third kappa shape index (κ3) is 25.0. The number of unbranched alkanes of at least 4 members (excludes halogenated alkanes) is 1. The zero-order valence-electron chi connectivity index (χ0n) is 48.5. The summed E-state index contributed by atoms with van der Waals surface area (Å²) in [7, 11) is 0. The monoisotopic (exact) mass is 1270 g/mol. The molecule has 6 rings (SSSR count). The second-order valence-electron chi connectivity index (χ2n) is 21.7. The number of ether oxygens (including phenoxy) is 6. The smallest absolute Gasteiger partial charge is 0.453 e. The van der Waals surface area contributed by atoms with Crippen molar-refractivity contribution < 1.29 is 101 Å². The molecule has 2 aliphatic carbocycles. The highest BCUT2D eigenvalue weighted by molar-refractivity contribution is 5.92. The fourth-order valence-corrected chi connectivity index (χ4v) is 9.69. The van der Waals surface area contributed by atoms with Gasteiger partial charge in [0.25, 0.3) is 0 Å². The molecule has 0 radical (unpaired) electrons. The molecule has 16 nitrogen and oxygen atoms in total. The van der Waals surface area contributed by atoms with Crippen molar-refractivity contribution in [3.05, 3.63) is 119 Å². The average molecular weight is 1270 g/mol. The van der Waals surface area contributed by atoms with Crippen LogP contribution in [0.4, 0.5) is 66.7 Å². The molecule has 2 saturated carbocycles. The normalized spacial score (nSPS) is 17.2. The third-order valence-corrected chi connectivity index (χ3v) is 14.6. The van der Waals surface area contributed by atoms with E-state index in [1.54, 1.807) is 54.6 Å². The van der Waals surface area contributed by atoms with E-state index in [-0.39, 0.29) is 93.3 Å². The van der Waals surface area contributed by atoms with Crippen LogP contribution in [0.1, 0.15) is 141 Å². The Morgan fingerprint density at radius 2 is 0.730 bits per heavy atom. The lowest BCUT2D eigenvalue weighted by atomic mass is 9.79. The number of esters is 6. The number of carbonyl (C=O) groups excluding carboxylic acids is 6. The summed E-state index contributed by atoms with van der Waals surface area (Å²) in [6.45, 7) is 0.327. The van der Waals surface area contributed by atoms with Gasteiger partial charge >= 0.3 is 60.0 Å². The molecule has 0 aliphatic heterocycles. The average Bonchev–Trinajstić information content (AvgIpc) is 3.31. The molecule has 0 saturated heterocycles. The molecule has 0 amide bonds. The van der Waals surface area contributed by atoms with E-state index >= 15 is 0 Å². The topological polar surface area (TPSA) is 262 Å². The highest BCUT2D eigenvalue weighted by atomic mass is 19.4. The van der Waals surface area contributed by atoms with Gasteiger partial charge in [-0.1, -0.05) is 37.1 Å². The molecule has 4 aromatic rings. The SMILES string of the molecule is Nc1cc(N)cc(C(=O)OCCCCOC(=O)C=Cc2ccc(OC(=O)C3CCC(CCCC(F)(F)C(F)(F)F)CC3)cc2)c1.Nc1cc(N)cc(C(=O)OCCCOC(=O)C=Cc2ccc(OC(=O)C3CCC(CCCC(F)(F)C(F)(F)F)CC3)cc2)c1. The van der Waals surface area contributed by atoms with Crippen LogP contribution in [0.2, 0.25) is 0 Å². The Hall–Kier alpha value is -8.32. The number of carbonyl (C=O) groups is 6. The Bertz CT molecular complexity index is 2990. The van der Waals surface area contributed by atoms with Gasteiger partial charge in [-0.2, -0.15) is 43.9 Å². The first-order valence-corrected chi connectivity index (χ1v) is 28.9. The summed E-state index contributed by atoms with van der Waals surface area (Å²) < 4.78 is 158. The number of nitrogens with two attached hydrogens (primary N) is 4. The van der Waals surface area contributed by atoms with Gasteiger partial charge in [-0.3, -0.25) is 9.59 Å². The minimum Gasteiger partial charge on any atom is -0.463 e. The molecule has 0 spiro atoms. The predicted molar refractivity (Wildman–Crippen MR) is 310 cm³/mol. The first kappa shape index (κ1) is 71.4. The Labute approximate surface area is 507 Å². The highest BCUT2D eigenvalue weighted by Gasteiger charge is 2.57. The largest absolute Gasteiger partial charge is 0.463 e. The van der Waals surface area contributed by atoms with E-state index in [0.717, 1.165) is 0 Å². The van der Waals surface area contributed by atoms with Crippen LogP contribution in [0, 0.1) is 23.7 Å². The van der Waals surface area contributed by atoms with Crippen molar-refractivity contribution in [2.45, 2.75) is 133 Å². The van der Waals surface area contributed by atoms with Crippen LogP contribution in [0.25, 0.3) is 12.2 Å². The van der Waals surface area contributed by atoms with Crippen LogP contribution >= 0.6 is 0 Å². The maximum atomic E-state index is 13.1. The maximum Gasteiger partial charge on any atom is 0.453 e. The molecular formula is C63H72F10N4O12. The van der Waals surface area contributed by atoms with E-state index in [1.807, 2.05) is 0 Å². The number of hydrogen-bond donors (Lipinski definition) is 4. The van der Waals surface area contributed by atoms with Crippen molar-refractivity contribution in [3.8, 4) is 11.5 Å². The van der Waals surface area contributed by atoms with E-state index in [9.17, 15) is 72.7 Å². The second-order valence-corrected chi connectivity index (χ2v) is 21.7. The zero-order chi connectivity index (χ0) is 65.4. The van der Waals surface area contributed by atoms with E-state index in [2.05, 4.69) is 0 Å². The molecule has 4 aromatic carbocycles. The molecular weight excluding hydrogens is 1190 g/mol. The summed E-state index contributed by atoms with van der Waals surface area (Å²) in [6.07, 6.45) is -2.55. The third-order valence-electron chi connectivity index (χ3n) is 14.6. The summed E-state index contributed by atoms with van der Waals surface area (Å²) in [6, 6.07) is 21.8. The lowest BCUT2D eigenvalue weighted by Crippen LogP contribution is -2.36. The van der Waals surface area contributed by atoms with Gasteiger partial charge in [-0.25, -0.2) is 19.2 Å². The summed E-state index contributed by atoms with van der Waals surface area (Å²) in [5.41, 5.74) is 25.8. The number of rotatable bonds is 27. The van der Waals surface area contributed by atoms with Gasteiger partial charge in [0.1, 0.15) is 11.5 Å². The summed E-state index contributed by atoms with van der Waals surface area (Å²) in [4.78, 5) is 73.2. The van der Waals surface area contributed by atoms with E-state index < -0.39 is 72.9 Å². The number of nitrogen functional groups attached to an aromatic ring is 4. The number of halogens is 10. The fourth-order valence-electron chi connectivity index (χ4n) is 9.69. The van der Waals surface area contributed by atoms with Crippen LogP contribution in [-0.4, -0.2) is 86.4 Å². The number of alkyl halides is 10. The fraction of sp³-hybridized carbons (Fsp3) is 0.460. The Morgan fingerprint density at radius 3 is 1.07 bits per heavy atom. The van der Waals surface area contributed by atoms with Gasteiger partial charge in [0.05, 0.1) is 49.4 Å². The number of benzene rings is 4. The number of hydrogen-bond acceptors (Lipinski definition) is 16. The molecule has 2 aliphatic rings. The second kappa shape index (κ2) is 33.9. The molecule has 2 fully saturated rings. The molecule has 89 heavy (non-hydrogen) atoms. The lowest BCUT2D eigenvalue weighted by molar-refractivity contribution is -0.284. The lowest BCUT2D eigenvalue weighted by Gasteiger charge is -2.28. The van der Waals surface area contributed by atoms with Gasteiger partial charge < -0.3 is 51.4 Å². The summed E-state index contributed by atoms with van der Waals surface area (Å²) in [5, 5.41) is 0. The van der Waals surface area contributed by atoms with Crippen LogP contribution in [0.3, 0.4) is 0 Å². The van der Waals surface area contributed by atoms with Crippen molar-refractivity contribution in [2.24, 2.45) is 23.7 Å². The van der Waals surface area contributed by atoms with Gasteiger partial charge in [0.2, 0.25) is 0 Å². The molecule has 0 heterocycles. The van der Waals surface area contributed by atoms with Crippen molar-refractivity contribution in [1.29, 1.82) is 0 Å². The zero-order valence-corrected chi connectivity index (χ0v) is 48.5. The van der Waals surface area contributed by atoms with Crippen molar-refractivity contribution >= 4 is 70.7 Å². The van der Waals surface area contributed by atoms with Crippen LogP contribution in [-0.2, 0) is 38.1 Å². The van der Waals surface area contributed by atoms with Gasteiger partial charge in [-0.05, 0) is 173 Å². The molecule has 486 valence electrons. The minimum atomic E-state index is -5.54. The van der Waals surface area contributed by atoms with Crippen LogP contribution < -0.4 is 32.4 Å². The maximum absolute atomic E-state index is 13.1. The molecule has 0 unspecified atom stereocenters. The summed E-state index contributed by atoms with van der Waals surface area (Å²) >= 11 is 0. The first-order chi connectivity index (χ1) is 42.0. The quantitative estimate of drug-likeness (QED) is 0.00822. The van der Waals surface area contributed by atoms with Gasteiger partial charge in [-0.15, -0.1) is 0 Å². The van der Waals surface area contributed by atoms with Crippen LogP contribution in [0.15, 0.2) is 97.1 Å². The molecule has 26 heteroatoms. The molecule has 0 aromatic heterocycles. The molecule has 0 bridgehead atoms. The van der Waals surface area contributed by atoms with Crippen molar-refractivity contribution in [3.63, 3.8) is 0 Å². The van der Waals surface area contributed by atoms with E-state index in [4.69, 9.17) is 51.4 Å². The minimum absolute atomic E-state index is 0.00128. The molecule has 0 atom stereocenters. The highest BCUT2D eigenvalue weighted by Crippen LogP contribution is 2.42.